The maximum absolute atomic E-state index is 12.7. The summed E-state index contributed by atoms with van der Waals surface area (Å²) in [5.74, 6) is -0.954. The summed E-state index contributed by atoms with van der Waals surface area (Å²) in [4.78, 5) is 37.6. The number of ether oxygens (including phenoxy) is 3. The Kier molecular flexibility index (Phi) is 41.9. The van der Waals surface area contributed by atoms with E-state index in [4.69, 9.17) is 14.2 Å². The molecule has 316 valence electrons. The molecule has 0 fully saturated rings. The van der Waals surface area contributed by atoms with Gasteiger partial charge in [0.25, 0.3) is 0 Å². The van der Waals surface area contributed by atoms with Crippen LogP contribution < -0.4 is 0 Å². The minimum atomic E-state index is -0.793. The molecule has 0 bridgehead atoms. The third-order valence-electron chi connectivity index (χ3n) is 10.2. The minimum absolute atomic E-state index is 0.0896. The van der Waals surface area contributed by atoms with Gasteiger partial charge in [0.2, 0.25) is 0 Å². The van der Waals surface area contributed by atoms with Crippen molar-refractivity contribution < 1.29 is 28.6 Å². The summed E-state index contributed by atoms with van der Waals surface area (Å²) in [6.07, 6.45) is 47.4. The molecule has 0 aliphatic heterocycles. The van der Waals surface area contributed by atoms with Crippen LogP contribution in [-0.4, -0.2) is 37.2 Å². The Balaban J connectivity index is 4.39. The normalized spacial score (nSPS) is 12.1. The van der Waals surface area contributed by atoms with Crippen LogP contribution >= 0.6 is 0 Å². The van der Waals surface area contributed by atoms with E-state index in [1.54, 1.807) is 0 Å². The fourth-order valence-corrected chi connectivity index (χ4v) is 6.67. The Morgan fingerprint density at radius 2 is 0.704 bits per heavy atom. The molecule has 0 aromatic carbocycles. The number of carbonyl (C=O) groups is 3. The Morgan fingerprint density at radius 3 is 1.09 bits per heavy atom. The van der Waals surface area contributed by atoms with Crippen molar-refractivity contribution >= 4 is 17.9 Å². The summed E-state index contributed by atoms with van der Waals surface area (Å²) in [6, 6.07) is 0. The monoisotopic (exact) mass is 761 g/mol. The van der Waals surface area contributed by atoms with Crippen LogP contribution in [0.1, 0.15) is 245 Å². The lowest BCUT2D eigenvalue weighted by atomic mass is 10.0. The highest BCUT2D eigenvalue weighted by Gasteiger charge is 2.19. The van der Waals surface area contributed by atoms with Gasteiger partial charge in [-0.2, -0.15) is 0 Å². The van der Waals surface area contributed by atoms with E-state index in [1.165, 1.54) is 148 Å². The van der Waals surface area contributed by atoms with Crippen molar-refractivity contribution in [1.82, 2.24) is 0 Å². The van der Waals surface area contributed by atoms with Crippen LogP contribution in [0.15, 0.2) is 24.3 Å². The van der Waals surface area contributed by atoms with Crippen LogP contribution in [-0.2, 0) is 28.6 Å². The van der Waals surface area contributed by atoms with Gasteiger partial charge >= 0.3 is 17.9 Å². The SMILES string of the molecule is CCCCCCCC/C=C\C/C=C\CCC(=O)OC(COC(=O)CCCCCCCCCCC)COC(=O)CCCCCCCCCCCCCCCC. The molecule has 0 aliphatic carbocycles. The molecular formula is C48H88O6. The molecule has 6 heteroatoms. The lowest BCUT2D eigenvalue weighted by Crippen LogP contribution is -2.30. The molecule has 0 rings (SSSR count). The van der Waals surface area contributed by atoms with E-state index in [0.29, 0.717) is 19.3 Å². The number of rotatable bonds is 42. The Hall–Kier alpha value is -2.11. The number of allylic oxidation sites excluding steroid dienone is 4. The zero-order chi connectivity index (χ0) is 39.4. The first-order valence-electron chi connectivity index (χ1n) is 23.3. The molecule has 0 N–H and O–H groups in total. The molecule has 0 saturated carbocycles. The first-order valence-corrected chi connectivity index (χ1v) is 23.3. The van der Waals surface area contributed by atoms with Gasteiger partial charge in [0, 0.05) is 19.3 Å². The molecular weight excluding hydrogens is 673 g/mol. The number of carbonyl (C=O) groups excluding carboxylic acids is 3. The standard InChI is InChI=1S/C48H88O6/c1-4-7-10-13-16-19-21-23-25-26-29-32-35-38-41-47(50)53-44-45(43-52-46(49)40-37-34-31-28-18-15-12-9-6-3)54-48(51)42-39-36-33-30-27-24-22-20-17-14-11-8-5-2/h24,27,33,36,45H,4-23,25-26,28-32,34-35,37-44H2,1-3H3/b27-24-,36-33-. The quantitative estimate of drug-likeness (QED) is 0.0267. The van der Waals surface area contributed by atoms with Crippen LogP contribution in [0.2, 0.25) is 0 Å². The summed E-state index contributed by atoms with van der Waals surface area (Å²) < 4.78 is 16.6. The van der Waals surface area contributed by atoms with Gasteiger partial charge < -0.3 is 14.2 Å². The summed E-state index contributed by atoms with van der Waals surface area (Å²) in [5.41, 5.74) is 0. The molecule has 0 heterocycles. The van der Waals surface area contributed by atoms with Crippen LogP contribution in [0.25, 0.3) is 0 Å². The van der Waals surface area contributed by atoms with Crippen molar-refractivity contribution in [3.8, 4) is 0 Å². The smallest absolute Gasteiger partial charge is 0.306 e. The van der Waals surface area contributed by atoms with Crippen molar-refractivity contribution in [2.24, 2.45) is 0 Å². The molecule has 54 heavy (non-hydrogen) atoms. The zero-order valence-corrected chi connectivity index (χ0v) is 36.0. The summed E-state index contributed by atoms with van der Waals surface area (Å²) in [7, 11) is 0. The number of unbranched alkanes of at least 4 members (excludes halogenated alkanes) is 27. The van der Waals surface area contributed by atoms with Gasteiger partial charge in [0.1, 0.15) is 13.2 Å². The predicted molar refractivity (Wildman–Crippen MR) is 229 cm³/mol. The highest BCUT2D eigenvalue weighted by atomic mass is 16.6. The van der Waals surface area contributed by atoms with Crippen LogP contribution in [0.5, 0.6) is 0 Å². The lowest BCUT2D eigenvalue weighted by Gasteiger charge is -2.18. The van der Waals surface area contributed by atoms with Gasteiger partial charge in [-0.05, 0) is 38.5 Å². The molecule has 1 unspecified atom stereocenters. The second kappa shape index (κ2) is 43.6. The molecule has 0 spiro atoms. The maximum atomic E-state index is 12.7. The number of hydrogen-bond acceptors (Lipinski definition) is 6. The van der Waals surface area contributed by atoms with Crippen LogP contribution in [0.3, 0.4) is 0 Å². The van der Waals surface area contributed by atoms with Gasteiger partial charge in [-0.15, -0.1) is 0 Å². The van der Waals surface area contributed by atoms with Gasteiger partial charge in [-0.25, -0.2) is 0 Å². The molecule has 0 radical (unpaired) electrons. The largest absolute Gasteiger partial charge is 0.462 e. The second-order valence-corrected chi connectivity index (χ2v) is 15.7. The summed E-state index contributed by atoms with van der Waals surface area (Å²) in [5, 5.41) is 0. The average Bonchev–Trinajstić information content (AvgIpc) is 3.17. The van der Waals surface area contributed by atoms with Crippen LogP contribution in [0, 0.1) is 0 Å². The fraction of sp³-hybridized carbons (Fsp3) is 0.854. The van der Waals surface area contributed by atoms with Gasteiger partial charge in [0.05, 0.1) is 0 Å². The number of esters is 3. The van der Waals surface area contributed by atoms with E-state index in [2.05, 4.69) is 39.0 Å². The topological polar surface area (TPSA) is 78.9 Å². The van der Waals surface area contributed by atoms with Gasteiger partial charge in [0.15, 0.2) is 6.10 Å². The van der Waals surface area contributed by atoms with Crippen LogP contribution in [0.4, 0.5) is 0 Å². The lowest BCUT2D eigenvalue weighted by molar-refractivity contribution is -0.166. The zero-order valence-electron chi connectivity index (χ0n) is 36.0. The third kappa shape index (κ3) is 41.1. The Bertz CT molecular complexity index is 880. The highest BCUT2D eigenvalue weighted by molar-refractivity contribution is 5.71. The first kappa shape index (κ1) is 51.9. The molecule has 0 aliphatic rings. The van der Waals surface area contributed by atoms with Gasteiger partial charge in [-0.3, -0.25) is 14.4 Å². The average molecular weight is 761 g/mol. The van der Waals surface area contributed by atoms with E-state index >= 15 is 0 Å². The van der Waals surface area contributed by atoms with E-state index in [0.717, 1.165) is 51.4 Å². The maximum Gasteiger partial charge on any atom is 0.306 e. The number of hydrogen-bond donors (Lipinski definition) is 0. The first-order chi connectivity index (χ1) is 26.5. The van der Waals surface area contributed by atoms with Crippen molar-refractivity contribution in [2.75, 3.05) is 13.2 Å². The van der Waals surface area contributed by atoms with E-state index < -0.39 is 6.10 Å². The fourth-order valence-electron chi connectivity index (χ4n) is 6.67. The van der Waals surface area contributed by atoms with E-state index in [-0.39, 0.29) is 37.5 Å². The molecule has 0 aromatic rings. The van der Waals surface area contributed by atoms with Crippen molar-refractivity contribution in [3.05, 3.63) is 24.3 Å². The van der Waals surface area contributed by atoms with Crippen molar-refractivity contribution in [2.45, 2.75) is 252 Å². The van der Waals surface area contributed by atoms with Gasteiger partial charge in [-0.1, -0.05) is 212 Å². The molecule has 0 amide bonds. The van der Waals surface area contributed by atoms with E-state index in [1.807, 2.05) is 6.08 Å². The molecule has 6 nitrogen and oxygen atoms in total. The Morgan fingerprint density at radius 1 is 0.370 bits per heavy atom. The predicted octanol–water partition coefficient (Wildman–Crippen LogP) is 14.8. The molecule has 1 atom stereocenters. The summed E-state index contributed by atoms with van der Waals surface area (Å²) in [6.45, 7) is 6.57. The Labute approximate surface area is 334 Å². The van der Waals surface area contributed by atoms with Crippen molar-refractivity contribution in [1.29, 1.82) is 0 Å². The molecule has 0 saturated heterocycles. The second-order valence-electron chi connectivity index (χ2n) is 15.7. The molecule has 0 aromatic heterocycles. The minimum Gasteiger partial charge on any atom is -0.462 e. The summed E-state index contributed by atoms with van der Waals surface area (Å²) >= 11 is 0. The highest BCUT2D eigenvalue weighted by Crippen LogP contribution is 2.15. The third-order valence-corrected chi connectivity index (χ3v) is 10.2. The van der Waals surface area contributed by atoms with Crippen molar-refractivity contribution in [3.63, 3.8) is 0 Å². The van der Waals surface area contributed by atoms with E-state index in [9.17, 15) is 14.4 Å².